The largest absolute Gasteiger partial charge is 0.350 e. The number of urea groups is 1. The van der Waals surface area contributed by atoms with Crippen LogP contribution in [0.5, 0.6) is 0 Å². The van der Waals surface area contributed by atoms with Gasteiger partial charge in [-0.15, -0.1) is 12.4 Å². The quantitative estimate of drug-likeness (QED) is 0.466. The number of unbranched alkanes of at least 4 members (excludes halogenated alkanes) is 3. The minimum absolute atomic E-state index is 0. The Balaban J connectivity index is 0.00000338. The summed E-state index contributed by atoms with van der Waals surface area (Å²) in [5.41, 5.74) is 7.22. The van der Waals surface area contributed by atoms with Gasteiger partial charge in [-0.05, 0) is 56.8 Å². The molecule has 7 heteroatoms. The Kier molecular flexibility index (Phi) is 10.1. The lowest BCUT2D eigenvalue weighted by molar-refractivity contribution is -0.121. The SMILES string of the molecule is CC(NC(=O)CCCCCCN)c1ccc(NC(=O)NC2CC2)cc1.Cl. The Bertz CT molecular complexity index is 561. The first-order chi connectivity index (χ1) is 12.1. The van der Waals surface area contributed by atoms with Crippen LogP contribution in [0.15, 0.2) is 24.3 Å². The van der Waals surface area contributed by atoms with E-state index in [-0.39, 0.29) is 30.4 Å². The summed E-state index contributed by atoms with van der Waals surface area (Å²) < 4.78 is 0. The molecule has 0 radical (unpaired) electrons. The summed E-state index contributed by atoms with van der Waals surface area (Å²) in [7, 11) is 0. The molecular weight excluding hydrogens is 352 g/mol. The number of carbonyl (C=O) groups is 2. The van der Waals surface area contributed by atoms with Gasteiger partial charge in [0.1, 0.15) is 0 Å². The summed E-state index contributed by atoms with van der Waals surface area (Å²) in [4.78, 5) is 23.7. The van der Waals surface area contributed by atoms with Gasteiger partial charge in [0.25, 0.3) is 0 Å². The zero-order valence-corrected chi connectivity index (χ0v) is 16.2. The lowest BCUT2D eigenvalue weighted by Crippen LogP contribution is -2.30. The number of nitrogens with two attached hydrogens (primary N) is 1. The molecule has 1 saturated carbocycles. The summed E-state index contributed by atoms with van der Waals surface area (Å²) in [5, 5.41) is 8.72. The van der Waals surface area contributed by atoms with E-state index in [0.717, 1.165) is 56.3 Å². The second-order valence-electron chi connectivity index (χ2n) is 6.74. The van der Waals surface area contributed by atoms with Gasteiger partial charge in [-0.3, -0.25) is 4.79 Å². The highest BCUT2D eigenvalue weighted by Crippen LogP contribution is 2.19. The molecule has 1 fully saturated rings. The zero-order valence-electron chi connectivity index (χ0n) is 15.4. The summed E-state index contributed by atoms with van der Waals surface area (Å²) in [6.45, 7) is 2.69. The van der Waals surface area contributed by atoms with Crippen molar-refractivity contribution >= 4 is 30.0 Å². The number of rotatable bonds is 10. The van der Waals surface area contributed by atoms with Gasteiger partial charge in [-0.25, -0.2) is 4.79 Å². The predicted molar refractivity (Wildman–Crippen MR) is 108 cm³/mol. The van der Waals surface area contributed by atoms with Crippen LogP contribution in [0.1, 0.15) is 63.5 Å². The molecule has 1 aliphatic carbocycles. The summed E-state index contributed by atoms with van der Waals surface area (Å²) in [5.74, 6) is 0.0752. The Morgan fingerprint density at radius 2 is 1.77 bits per heavy atom. The summed E-state index contributed by atoms with van der Waals surface area (Å²) in [6.07, 6.45) is 6.74. The van der Waals surface area contributed by atoms with Crippen LogP contribution in [0.3, 0.4) is 0 Å². The van der Waals surface area contributed by atoms with Gasteiger partial charge in [0.2, 0.25) is 5.91 Å². The minimum atomic E-state index is -0.161. The second-order valence-corrected chi connectivity index (χ2v) is 6.74. The van der Waals surface area contributed by atoms with Crippen LogP contribution in [0.25, 0.3) is 0 Å². The van der Waals surface area contributed by atoms with Gasteiger partial charge in [0, 0.05) is 18.2 Å². The van der Waals surface area contributed by atoms with Crippen LogP contribution in [-0.2, 0) is 4.79 Å². The van der Waals surface area contributed by atoms with Gasteiger partial charge in [0.15, 0.2) is 0 Å². The van der Waals surface area contributed by atoms with Crippen LogP contribution in [0, 0.1) is 0 Å². The van der Waals surface area contributed by atoms with E-state index in [9.17, 15) is 9.59 Å². The molecular formula is C19H31ClN4O2. The first-order valence-corrected chi connectivity index (χ1v) is 9.25. The molecule has 0 heterocycles. The fourth-order valence-corrected chi connectivity index (χ4v) is 2.62. The summed E-state index contributed by atoms with van der Waals surface area (Å²) >= 11 is 0. The van der Waals surface area contributed by atoms with Crippen molar-refractivity contribution in [1.82, 2.24) is 10.6 Å². The fourth-order valence-electron chi connectivity index (χ4n) is 2.62. The second kappa shape index (κ2) is 11.8. The minimum Gasteiger partial charge on any atom is -0.350 e. The van der Waals surface area contributed by atoms with Crippen molar-refractivity contribution in [2.75, 3.05) is 11.9 Å². The molecule has 5 N–H and O–H groups in total. The number of halogens is 1. The van der Waals surface area contributed by atoms with Gasteiger partial charge in [-0.1, -0.05) is 25.0 Å². The molecule has 2 rings (SSSR count). The number of hydrogen-bond acceptors (Lipinski definition) is 3. The van der Waals surface area contributed by atoms with E-state index in [1.54, 1.807) is 0 Å². The topological polar surface area (TPSA) is 96.2 Å². The first kappa shape index (κ1) is 22.3. The summed E-state index contributed by atoms with van der Waals surface area (Å²) in [6, 6.07) is 7.70. The van der Waals surface area contributed by atoms with Crippen molar-refractivity contribution in [3.63, 3.8) is 0 Å². The van der Waals surface area contributed by atoms with Crippen LogP contribution in [0.2, 0.25) is 0 Å². The molecule has 1 aromatic carbocycles. The molecule has 0 aromatic heterocycles. The van der Waals surface area contributed by atoms with Crippen molar-refractivity contribution in [2.24, 2.45) is 5.73 Å². The van der Waals surface area contributed by atoms with Crippen molar-refractivity contribution in [3.05, 3.63) is 29.8 Å². The molecule has 1 aliphatic rings. The Labute approximate surface area is 162 Å². The van der Waals surface area contributed by atoms with Crippen molar-refractivity contribution in [2.45, 2.75) is 64.0 Å². The fraction of sp³-hybridized carbons (Fsp3) is 0.579. The third-order valence-electron chi connectivity index (χ3n) is 4.32. The molecule has 0 aliphatic heterocycles. The smallest absolute Gasteiger partial charge is 0.319 e. The van der Waals surface area contributed by atoms with Gasteiger partial charge < -0.3 is 21.7 Å². The van der Waals surface area contributed by atoms with E-state index >= 15 is 0 Å². The van der Waals surface area contributed by atoms with Crippen molar-refractivity contribution < 1.29 is 9.59 Å². The normalized spacial score (nSPS) is 14.1. The molecule has 1 unspecified atom stereocenters. The maximum Gasteiger partial charge on any atom is 0.319 e. The molecule has 0 spiro atoms. The lowest BCUT2D eigenvalue weighted by Gasteiger charge is -2.15. The maximum absolute atomic E-state index is 12.0. The maximum atomic E-state index is 12.0. The predicted octanol–water partition coefficient (Wildman–Crippen LogP) is 3.48. The average Bonchev–Trinajstić information content (AvgIpc) is 3.39. The van der Waals surface area contributed by atoms with E-state index < -0.39 is 0 Å². The number of benzene rings is 1. The van der Waals surface area contributed by atoms with Crippen LogP contribution < -0.4 is 21.7 Å². The van der Waals surface area contributed by atoms with Gasteiger partial charge in [-0.2, -0.15) is 0 Å². The highest BCUT2D eigenvalue weighted by molar-refractivity contribution is 5.89. The number of anilines is 1. The van der Waals surface area contributed by atoms with Gasteiger partial charge in [0.05, 0.1) is 6.04 Å². The molecule has 1 atom stereocenters. The van der Waals surface area contributed by atoms with E-state index in [2.05, 4.69) is 16.0 Å². The molecule has 1 aromatic rings. The highest BCUT2D eigenvalue weighted by atomic mass is 35.5. The lowest BCUT2D eigenvalue weighted by atomic mass is 10.1. The Morgan fingerprint density at radius 3 is 2.38 bits per heavy atom. The van der Waals surface area contributed by atoms with Gasteiger partial charge >= 0.3 is 6.03 Å². The number of amides is 3. The van der Waals surface area contributed by atoms with E-state index in [0.29, 0.717) is 12.5 Å². The Morgan fingerprint density at radius 1 is 1.12 bits per heavy atom. The zero-order chi connectivity index (χ0) is 18.1. The van der Waals surface area contributed by atoms with Crippen LogP contribution >= 0.6 is 12.4 Å². The third-order valence-corrected chi connectivity index (χ3v) is 4.32. The standard InChI is InChI=1S/C19H30N4O2.ClH/c1-14(21-18(24)6-4-2-3-5-13-20)15-7-9-16(10-8-15)22-19(25)23-17-11-12-17;/h7-10,14,17H,2-6,11-13,20H2,1H3,(H,21,24)(H2,22,23,25);1H. The monoisotopic (exact) mass is 382 g/mol. The van der Waals surface area contributed by atoms with Crippen LogP contribution in [-0.4, -0.2) is 24.5 Å². The molecule has 6 nitrogen and oxygen atoms in total. The van der Waals surface area contributed by atoms with Crippen molar-refractivity contribution in [3.8, 4) is 0 Å². The van der Waals surface area contributed by atoms with E-state index in [1.807, 2.05) is 31.2 Å². The van der Waals surface area contributed by atoms with Crippen LogP contribution in [0.4, 0.5) is 10.5 Å². The molecule has 146 valence electrons. The highest BCUT2D eigenvalue weighted by Gasteiger charge is 2.23. The average molecular weight is 383 g/mol. The Hall–Kier alpha value is -1.79. The molecule has 26 heavy (non-hydrogen) atoms. The van der Waals surface area contributed by atoms with E-state index in [4.69, 9.17) is 5.73 Å². The molecule has 3 amide bonds. The van der Waals surface area contributed by atoms with E-state index in [1.165, 1.54) is 0 Å². The molecule has 0 bridgehead atoms. The molecule has 0 saturated heterocycles. The number of carbonyl (C=O) groups excluding carboxylic acids is 2. The first-order valence-electron chi connectivity index (χ1n) is 9.25. The van der Waals surface area contributed by atoms with Crippen molar-refractivity contribution in [1.29, 1.82) is 0 Å². The number of nitrogens with one attached hydrogen (secondary N) is 3. The third kappa shape index (κ3) is 8.54. The number of hydrogen-bond donors (Lipinski definition) is 4.